The highest BCUT2D eigenvalue weighted by molar-refractivity contribution is 5.75. The zero-order valence-corrected chi connectivity index (χ0v) is 9.29. The maximum absolute atomic E-state index is 13.7. The predicted molar refractivity (Wildman–Crippen MR) is 53.8 cm³/mol. The molecule has 110 valence electrons. The Morgan fingerprint density at radius 1 is 0.800 bits per heavy atom. The number of hydrogen-bond acceptors (Lipinski definition) is 1. The number of aromatic amines is 2. The van der Waals surface area contributed by atoms with Gasteiger partial charge in [0, 0.05) is 5.56 Å². The summed E-state index contributed by atoms with van der Waals surface area (Å²) in [6.45, 7) is 0. The van der Waals surface area contributed by atoms with Gasteiger partial charge in [0.1, 0.15) is 0 Å². The van der Waals surface area contributed by atoms with E-state index >= 15 is 0 Å². The van der Waals surface area contributed by atoms with Gasteiger partial charge in [-0.05, 0) is 12.1 Å². The van der Waals surface area contributed by atoms with E-state index in [1.54, 1.807) is 0 Å². The monoisotopic (exact) mass is 302 g/mol. The van der Waals surface area contributed by atoms with Gasteiger partial charge in [0.2, 0.25) is 0 Å². The first kappa shape index (κ1) is 14.4. The molecule has 1 heterocycles. The lowest BCUT2D eigenvalue weighted by Gasteiger charge is -2.30. The molecule has 0 aliphatic rings. The lowest BCUT2D eigenvalue weighted by molar-refractivity contribution is -0.348. The van der Waals surface area contributed by atoms with Crippen molar-refractivity contribution < 1.29 is 30.7 Å². The van der Waals surface area contributed by atoms with E-state index in [0.717, 1.165) is 6.07 Å². The van der Waals surface area contributed by atoms with Crippen molar-refractivity contribution in [2.45, 2.75) is 18.0 Å². The van der Waals surface area contributed by atoms with Crippen LogP contribution in [0.4, 0.5) is 30.7 Å². The molecule has 0 saturated heterocycles. The van der Waals surface area contributed by atoms with Crippen molar-refractivity contribution in [2.24, 2.45) is 0 Å². The van der Waals surface area contributed by atoms with Gasteiger partial charge in [0.25, 0.3) is 0 Å². The summed E-state index contributed by atoms with van der Waals surface area (Å²) in [7, 11) is 0. The minimum atomic E-state index is -6.18. The first-order chi connectivity index (χ1) is 8.97. The summed E-state index contributed by atoms with van der Waals surface area (Å²) in [6.07, 6.45) is -12.4. The number of benzene rings is 1. The molecule has 2 aromatic rings. The molecule has 2 N–H and O–H groups in total. The molecule has 0 bridgehead atoms. The van der Waals surface area contributed by atoms with Crippen molar-refractivity contribution >= 4 is 11.0 Å². The van der Waals surface area contributed by atoms with Gasteiger partial charge in [0.05, 0.1) is 11.0 Å². The Hall–Kier alpha value is -2.00. The second kappa shape index (κ2) is 4.00. The zero-order chi connectivity index (χ0) is 15.3. The fourth-order valence-electron chi connectivity index (χ4n) is 1.73. The number of rotatable bonds is 1. The first-order valence-electron chi connectivity index (χ1n) is 5.02. The highest BCUT2D eigenvalue weighted by Gasteiger charge is 2.73. The van der Waals surface area contributed by atoms with Crippen LogP contribution in [0.25, 0.3) is 11.0 Å². The van der Waals surface area contributed by atoms with Crippen LogP contribution in [0.2, 0.25) is 0 Å². The molecule has 0 fully saturated rings. The molecule has 0 amide bonds. The van der Waals surface area contributed by atoms with Crippen LogP contribution in [0.5, 0.6) is 0 Å². The van der Waals surface area contributed by atoms with Gasteiger partial charge in [-0.15, -0.1) is 0 Å². The van der Waals surface area contributed by atoms with E-state index in [4.69, 9.17) is 0 Å². The second-order valence-electron chi connectivity index (χ2n) is 3.99. The van der Waals surface area contributed by atoms with Gasteiger partial charge < -0.3 is 9.97 Å². The number of H-pyrrole nitrogens is 2. The average molecular weight is 302 g/mol. The Balaban J connectivity index is 2.72. The minimum absolute atomic E-state index is 0.0366. The highest BCUT2D eigenvalue weighted by Crippen LogP contribution is 2.53. The summed E-state index contributed by atoms with van der Waals surface area (Å²) in [5.41, 5.74) is -8.39. The Kier molecular flexibility index (Phi) is 2.88. The Morgan fingerprint density at radius 2 is 1.30 bits per heavy atom. The van der Waals surface area contributed by atoms with E-state index in [0.29, 0.717) is 12.1 Å². The van der Waals surface area contributed by atoms with Crippen LogP contribution in [0.3, 0.4) is 0 Å². The van der Waals surface area contributed by atoms with Crippen LogP contribution in [0.1, 0.15) is 5.56 Å². The third kappa shape index (κ3) is 1.95. The van der Waals surface area contributed by atoms with Crippen molar-refractivity contribution in [3.63, 3.8) is 0 Å². The van der Waals surface area contributed by atoms with E-state index in [1.807, 2.05) is 4.98 Å². The van der Waals surface area contributed by atoms with Gasteiger partial charge in [-0.3, -0.25) is 0 Å². The quantitative estimate of drug-likeness (QED) is 0.781. The third-order valence-electron chi connectivity index (χ3n) is 2.69. The molecule has 3 nitrogen and oxygen atoms in total. The van der Waals surface area contributed by atoms with Crippen molar-refractivity contribution in [3.8, 4) is 0 Å². The number of imidazole rings is 1. The summed E-state index contributed by atoms with van der Waals surface area (Å²) in [5.74, 6) is 0. The number of halogens is 7. The number of hydrogen-bond donors (Lipinski definition) is 2. The van der Waals surface area contributed by atoms with Gasteiger partial charge in [-0.25, -0.2) is 9.18 Å². The molecule has 0 radical (unpaired) electrons. The predicted octanol–water partition coefficient (Wildman–Crippen LogP) is 3.15. The summed E-state index contributed by atoms with van der Waals surface area (Å²) in [4.78, 5) is 15.0. The van der Waals surface area contributed by atoms with Crippen LogP contribution in [0, 0.1) is 0 Å². The topological polar surface area (TPSA) is 48.6 Å². The minimum Gasteiger partial charge on any atom is -0.306 e. The molecule has 0 atom stereocenters. The second-order valence-corrected chi connectivity index (χ2v) is 3.99. The van der Waals surface area contributed by atoms with Crippen molar-refractivity contribution in [1.29, 1.82) is 0 Å². The molecule has 0 aliphatic heterocycles. The number of fused-ring (bicyclic) bond motifs is 1. The van der Waals surface area contributed by atoms with Gasteiger partial charge in [-0.2, -0.15) is 26.3 Å². The van der Waals surface area contributed by atoms with Gasteiger partial charge in [0.15, 0.2) is 0 Å². The number of alkyl halides is 7. The molecule has 20 heavy (non-hydrogen) atoms. The van der Waals surface area contributed by atoms with Crippen LogP contribution in [0.15, 0.2) is 23.0 Å². The number of aromatic nitrogens is 2. The maximum atomic E-state index is 13.7. The van der Waals surface area contributed by atoms with Crippen LogP contribution in [-0.2, 0) is 5.67 Å². The smallest absolute Gasteiger partial charge is 0.306 e. The van der Waals surface area contributed by atoms with Crippen molar-refractivity contribution in [3.05, 3.63) is 34.2 Å². The molecule has 1 aromatic carbocycles. The average Bonchev–Trinajstić information content (AvgIpc) is 2.63. The summed E-state index contributed by atoms with van der Waals surface area (Å²) in [5, 5.41) is 0. The first-order valence-corrected chi connectivity index (χ1v) is 5.02. The Morgan fingerprint density at radius 3 is 1.80 bits per heavy atom. The van der Waals surface area contributed by atoms with Gasteiger partial charge in [-0.1, -0.05) is 6.07 Å². The van der Waals surface area contributed by atoms with E-state index in [-0.39, 0.29) is 11.0 Å². The standard InChI is InChI=1S/C10H5F7N2O/c11-8(9(12,13)14,10(15,16)17)4-1-2-5-6(3-4)19-7(20)18-5/h1-3H,(H2,18,19,20). The molecule has 2 rings (SSSR count). The van der Waals surface area contributed by atoms with E-state index < -0.39 is 29.3 Å². The van der Waals surface area contributed by atoms with Crippen LogP contribution >= 0.6 is 0 Å². The fraction of sp³-hybridized carbons (Fsp3) is 0.300. The summed E-state index contributed by atoms with van der Waals surface area (Å²) in [6, 6.07) is 1.38. The molecular weight excluding hydrogens is 297 g/mol. The molecule has 0 unspecified atom stereocenters. The molecular formula is C10H5F7N2O. The molecule has 0 saturated carbocycles. The molecule has 10 heteroatoms. The molecule has 0 aliphatic carbocycles. The van der Waals surface area contributed by atoms with Gasteiger partial charge >= 0.3 is 23.7 Å². The number of nitrogens with one attached hydrogen (secondary N) is 2. The fourth-order valence-corrected chi connectivity index (χ4v) is 1.73. The van der Waals surface area contributed by atoms with E-state index in [9.17, 15) is 35.5 Å². The summed E-state index contributed by atoms with van der Waals surface area (Å²) < 4.78 is 88.8. The third-order valence-corrected chi connectivity index (χ3v) is 2.69. The normalized spacial score (nSPS) is 13.9. The lowest BCUT2D eigenvalue weighted by atomic mass is 9.94. The van der Waals surface area contributed by atoms with Crippen molar-refractivity contribution in [2.75, 3.05) is 0 Å². The van der Waals surface area contributed by atoms with E-state index in [1.165, 1.54) is 0 Å². The molecule has 1 aromatic heterocycles. The molecule has 0 spiro atoms. The highest BCUT2D eigenvalue weighted by atomic mass is 19.4. The SMILES string of the molecule is O=c1[nH]c2ccc(C(F)(C(F)(F)F)C(F)(F)F)cc2[nH]1. The van der Waals surface area contributed by atoms with Crippen LogP contribution < -0.4 is 5.69 Å². The zero-order valence-electron chi connectivity index (χ0n) is 9.29. The summed E-state index contributed by atoms with van der Waals surface area (Å²) >= 11 is 0. The van der Waals surface area contributed by atoms with Crippen molar-refractivity contribution in [1.82, 2.24) is 9.97 Å². The Labute approximate surface area is 105 Å². The Bertz CT molecular complexity index is 680. The maximum Gasteiger partial charge on any atom is 0.435 e. The lowest BCUT2D eigenvalue weighted by Crippen LogP contribution is -2.50. The van der Waals surface area contributed by atoms with Crippen LogP contribution in [-0.4, -0.2) is 22.3 Å². The largest absolute Gasteiger partial charge is 0.435 e. The van der Waals surface area contributed by atoms with E-state index in [2.05, 4.69) is 4.98 Å².